The first kappa shape index (κ1) is 15.2. The summed E-state index contributed by atoms with van der Waals surface area (Å²) in [5, 5.41) is -0.270. The third kappa shape index (κ3) is 2.93. The van der Waals surface area contributed by atoms with E-state index in [4.69, 9.17) is 0 Å². The van der Waals surface area contributed by atoms with Gasteiger partial charge < -0.3 is 0 Å². The maximum Gasteiger partial charge on any atom is 0.266 e. The van der Waals surface area contributed by atoms with Gasteiger partial charge in [0.05, 0.1) is 11.3 Å². The van der Waals surface area contributed by atoms with Crippen molar-refractivity contribution in [3.05, 3.63) is 77.2 Å². The highest BCUT2D eigenvalue weighted by Crippen LogP contribution is 2.18. The van der Waals surface area contributed by atoms with E-state index in [1.165, 1.54) is 6.20 Å². The predicted octanol–water partition coefficient (Wildman–Crippen LogP) is 2.30. The molecule has 0 N–H and O–H groups in total. The maximum absolute atomic E-state index is 12.9. The molecule has 116 valence electrons. The van der Waals surface area contributed by atoms with E-state index < -0.39 is 15.4 Å². The quantitative estimate of drug-likeness (QED) is 0.693. The maximum atomic E-state index is 12.9. The molecule has 0 fully saturated rings. The van der Waals surface area contributed by atoms with E-state index in [0.717, 1.165) is 10.8 Å². The number of benzene rings is 2. The normalized spacial score (nSPS) is 11.3. The predicted molar refractivity (Wildman–Crippen MR) is 88.4 cm³/mol. The second kappa shape index (κ2) is 5.81. The van der Waals surface area contributed by atoms with Crippen LogP contribution in [0, 0.1) is 0 Å². The molecule has 0 unspecified atom stereocenters. The highest BCUT2D eigenvalue weighted by Gasteiger charge is 2.20. The fourth-order valence-corrected chi connectivity index (χ4v) is 3.09. The van der Waals surface area contributed by atoms with E-state index in [-0.39, 0.29) is 5.16 Å². The van der Waals surface area contributed by atoms with Gasteiger partial charge in [-0.1, -0.05) is 48.5 Å². The molecule has 1 heterocycles. The fraction of sp³-hybridized carbons (Fsp3) is 0.0588. The Hall–Kier alpha value is -2.73. The molecule has 0 spiro atoms. The molecule has 0 saturated heterocycles. The van der Waals surface area contributed by atoms with Crippen molar-refractivity contribution in [3.8, 4) is 16.8 Å². The van der Waals surface area contributed by atoms with Crippen LogP contribution in [0.5, 0.6) is 0 Å². The van der Waals surface area contributed by atoms with E-state index in [2.05, 4.69) is 4.98 Å². The Kier molecular flexibility index (Phi) is 3.83. The average molecular weight is 326 g/mol. The van der Waals surface area contributed by atoms with Crippen molar-refractivity contribution in [2.45, 2.75) is 5.16 Å². The van der Waals surface area contributed by atoms with Crippen molar-refractivity contribution in [2.75, 3.05) is 6.26 Å². The zero-order valence-electron chi connectivity index (χ0n) is 12.4. The monoisotopic (exact) mass is 326 g/mol. The van der Waals surface area contributed by atoms with Crippen molar-refractivity contribution in [3.63, 3.8) is 0 Å². The molecular formula is C17H14N2O3S. The lowest BCUT2D eigenvalue weighted by molar-refractivity contribution is 0.585. The Labute approximate surface area is 133 Å². The summed E-state index contributed by atoms with van der Waals surface area (Å²) in [6, 6.07) is 17.7. The first-order valence-corrected chi connectivity index (χ1v) is 8.80. The highest BCUT2D eigenvalue weighted by atomic mass is 32.2. The molecule has 0 saturated carbocycles. The van der Waals surface area contributed by atoms with E-state index >= 15 is 0 Å². The summed E-state index contributed by atoms with van der Waals surface area (Å²) < 4.78 is 25.1. The van der Waals surface area contributed by atoms with Gasteiger partial charge in [-0.15, -0.1) is 0 Å². The lowest BCUT2D eigenvalue weighted by Gasteiger charge is -2.12. The third-order valence-electron chi connectivity index (χ3n) is 3.36. The van der Waals surface area contributed by atoms with E-state index in [1.807, 2.05) is 18.2 Å². The van der Waals surface area contributed by atoms with Crippen LogP contribution in [0.3, 0.4) is 0 Å². The van der Waals surface area contributed by atoms with Crippen LogP contribution in [-0.2, 0) is 9.84 Å². The molecule has 3 rings (SSSR count). The summed E-state index contributed by atoms with van der Waals surface area (Å²) in [5.41, 5.74) is 1.08. The van der Waals surface area contributed by atoms with Crippen LogP contribution in [-0.4, -0.2) is 24.2 Å². The Balaban J connectivity index is 2.37. The molecular weight excluding hydrogens is 312 g/mol. The van der Waals surface area contributed by atoms with Crippen molar-refractivity contribution >= 4 is 9.84 Å². The number of hydrogen-bond donors (Lipinski definition) is 0. The molecule has 1 aromatic heterocycles. The van der Waals surface area contributed by atoms with Gasteiger partial charge in [0.2, 0.25) is 15.0 Å². The van der Waals surface area contributed by atoms with Crippen molar-refractivity contribution < 1.29 is 8.42 Å². The number of para-hydroxylation sites is 1. The van der Waals surface area contributed by atoms with Crippen LogP contribution in [0.15, 0.2) is 76.8 Å². The first-order valence-electron chi connectivity index (χ1n) is 6.91. The smallest absolute Gasteiger partial charge is 0.266 e. The molecule has 23 heavy (non-hydrogen) atoms. The zero-order valence-corrected chi connectivity index (χ0v) is 13.2. The lowest BCUT2D eigenvalue weighted by atomic mass is 10.1. The Morgan fingerprint density at radius 3 is 2.04 bits per heavy atom. The van der Waals surface area contributed by atoms with Gasteiger partial charge in [0, 0.05) is 12.5 Å². The minimum atomic E-state index is -3.65. The molecule has 0 radical (unpaired) electrons. The first-order chi connectivity index (χ1) is 11.0. The van der Waals surface area contributed by atoms with E-state index in [0.29, 0.717) is 16.8 Å². The summed E-state index contributed by atoms with van der Waals surface area (Å²) in [7, 11) is -3.65. The van der Waals surface area contributed by atoms with Gasteiger partial charge in [-0.25, -0.2) is 13.4 Å². The van der Waals surface area contributed by atoms with Crippen LogP contribution in [0.4, 0.5) is 0 Å². The molecule has 3 aromatic rings. The summed E-state index contributed by atoms with van der Waals surface area (Å²) in [4.78, 5) is 16.9. The van der Waals surface area contributed by atoms with E-state index in [1.54, 1.807) is 42.5 Å². The average Bonchev–Trinajstić information content (AvgIpc) is 2.55. The molecule has 0 aliphatic rings. The van der Waals surface area contributed by atoms with Gasteiger partial charge in [-0.05, 0) is 17.7 Å². The van der Waals surface area contributed by atoms with E-state index in [9.17, 15) is 13.2 Å². The third-order valence-corrected chi connectivity index (χ3v) is 4.31. The number of rotatable bonds is 3. The van der Waals surface area contributed by atoms with Crippen LogP contribution in [0.2, 0.25) is 0 Å². The van der Waals surface area contributed by atoms with Crippen LogP contribution >= 0.6 is 0 Å². The van der Waals surface area contributed by atoms with Gasteiger partial charge in [0.15, 0.2) is 0 Å². The minimum Gasteiger partial charge on any atom is -0.268 e. The fourth-order valence-electron chi connectivity index (χ4n) is 2.32. The lowest BCUT2D eigenvalue weighted by Crippen LogP contribution is -2.26. The SMILES string of the molecule is CS(=O)(=O)c1ncc(-c2ccccc2)c(=O)n1-c1ccccc1. The number of sulfone groups is 1. The number of nitrogens with zero attached hydrogens (tertiary/aromatic N) is 2. The summed E-state index contributed by atoms with van der Waals surface area (Å²) >= 11 is 0. The second-order valence-corrected chi connectivity index (χ2v) is 6.98. The minimum absolute atomic E-state index is 0.270. The number of aromatic nitrogens is 2. The van der Waals surface area contributed by atoms with Gasteiger partial charge in [-0.3, -0.25) is 9.36 Å². The van der Waals surface area contributed by atoms with Crippen LogP contribution in [0.25, 0.3) is 16.8 Å². The molecule has 0 bridgehead atoms. The molecule has 5 nitrogen and oxygen atoms in total. The van der Waals surface area contributed by atoms with Gasteiger partial charge in [-0.2, -0.15) is 0 Å². The zero-order chi connectivity index (χ0) is 16.4. The Morgan fingerprint density at radius 1 is 0.913 bits per heavy atom. The largest absolute Gasteiger partial charge is 0.268 e. The molecule has 2 aromatic carbocycles. The Bertz CT molecular complexity index is 995. The van der Waals surface area contributed by atoms with Crippen molar-refractivity contribution in [1.82, 2.24) is 9.55 Å². The topological polar surface area (TPSA) is 69.0 Å². The van der Waals surface area contributed by atoms with Gasteiger partial charge in [0.25, 0.3) is 5.56 Å². The Morgan fingerprint density at radius 2 is 1.48 bits per heavy atom. The van der Waals surface area contributed by atoms with Crippen LogP contribution < -0.4 is 5.56 Å². The molecule has 0 amide bonds. The van der Waals surface area contributed by atoms with Crippen molar-refractivity contribution in [2.24, 2.45) is 0 Å². The highest BCUT2D eigenvalue weighted by molar-refractivity contribution is 7.90. The molecule has 0 aliphatic carbocycles. The molecule has 0 aliphatic heterocycles. The second-order valence-electron chi connectivity index (χ2n) is 5.07. The van der Waals surface area contributed by atoms with Gasteiger partial charge in [0.1, 0.15) is 0 Å². The van der Waals surface area contributed by atoms with Gasteiger partial charge >= 0.3 is 0 Å². The molecule has 0 atom stereocenters. The molecule has 6 heteroatoms. The van der Waals surface area contributed by atoms with Crippen LogP contribution in [0.1, 0.15) is 0 Å². The summed E-state index contributed by atoms with van der Waals surface area (Å²) in [6.45, 7) is 0. The van der Waals surface area contributed by atoms with Crippen molar-refractivity contribution in [1.29, 1.82) is 0 Å². The summed E-state index contributed by atoms with van der Waals surface area (Å²) in [6.07, 6.45) is 2.35. The summed E-state index contributed by atoms with van der Waals surface area (Å²) in [5.74, 6) is 0. The standard InChI is InChI=1S/C17H14N2O3S/c1-23(21,22)17-18-12-15(13-8-4-2-5-9-13)16(20)19(17)14-10-6-3-7-11-14/h2-12H,1H3. The number of hydrogen-bond acceptors (Lipinski definition) is 4.